The quantitative estimate of drug-likeness (QED) is 0.767. The summed E-state index contributed by atoms with van der Waals surface area (Å²) in [4.78, 5) is 2.41. The molecular formula is C12H26N2O2S. The van der Waals surface area contributed by atoms with Crippen molar-refractivity contribution >= 4 is 9.84 Å². The van der Waals surface area contributed by atoms with Crippen LogP contribution < -0.4 is 5.32 Å². The summed E-state index contributed by atoms with van der Waals surface area (Å²) in [5, 5.41) is 3.38. The van der Waals surface area contributed by atoms with E-state index >= 15 is 0 Å². The highest BCUT2D eigenvalue weighted by Crippen LogP contribution is 2.20. The van der Waals surface area contributed by atoms with Crippen LogP contribution >= 0.6 is 0 Å². The van der Waals surface area contributed by atoms with Crippen LogP contribution in [0.15, 0.2) is 0 Å². The van der Waals surface area contributed by atoms with Crippen LogP contribution in [0.2, 0.25) is 0 Å². The molecular weight excluding hydrogens is 236 g/mol. The molecule has 0 aliphatic carbocycles. The van der Waals surface area contributed by atoms with E-state index in [0.29, 0.717) is 17.7 Å². The van der Waals surface area contributed by atoms with Crippen molar-refractivity contribution in [3.05, 3.63) is 0 Å². The first-order chi connectivity index (χ1) is 7.96. The van der Waals surface area contributed by atoms with E-state index in [4.69, 9.17) is 0 Å². The summed E-state index contributed by atoms with van der Waals surface area (Å²) >= 11 is 0. The van der Waals surface area contributed by atoms with E-state index < -0.39 is 9.84 Å². The van der Waals surface area contributed by atoms with Crippen molar-refractivity contribution in [3.8, 4) is 0 Å². The van der Waals surface area contributed by atoms with Crippen LogP contribution in [0.5, 0.6) is 0 Å². The van der Waals surface area contributed by atoms with Crippen LogP contribution in [-0.2, 0) is 9.84 Å². The van der Waals surface area contributed by atoms with Crippen molar-refractivity contribution in [1.29, 1.82) is 0 Å². The Morgan fingerprint density at radius 2 is 2.12 bits per heavy atom. The number of nitrogens with one attached hydrogen (secondary N) is 1. The van der Waals surface area contributed by atoms with Gasteiger partial charge in [-0.05, 0) is 38.9 Å². The molecule has 1 saturated heterocycles. The number of piperidine rings is 1. The molecule has 0 bridgehead atoms. The van der Waals surface area contributed by atoms with Crippen LogP contribution in [-0.4, -0.2) is 58.1 Å². The third-order valence-electron chi connectivity index (χ3n) is 3.70. The average Bonchev–Trinajstić information content (AvgIpc) is 2.27. The summed E-state index contributed by atoms with van der Waals surface area (Å²) in [7, 11) is -0.764. The van der Waals surface area contributed by atoms with E-state index in [2.05, 4.69) is 17.1 Å². The fourth-order valence-electron chi connectivity index (χ4n) is 2.65. The van der Waals surface area contributed by atoms with E-state index in [1.165, 1.54) is 19.1 Å². The fraction of sp³-hybridized carbons (Fsp3) is 1.00. The van der Waals surface area contributed by atoms with Gasteiger partial charge in [0.25, 0.3) is 0 Å². The van der Waals surface area contributed by atoms with Gasteiger partial charge >= 0.3 is 0 Å². The second-order valence-electron chi connectivity index (χ2n) is 5.14. The van der Waals surface area contributed by atoms with Crippen LogP contribution in [0.3, 0.4) is 0 Å². The van der Waals surface area contributed by atoms with E-state index in [9.17, 15) is 8.42 Å². The molecule has 0 radical (unpaired) electrons. The van der Waals surface area contributed by atoms with Crippen LogP contribution in [0, 0.1) is 5.92 Å². The zero-order valence-corrected chi connectivity index (χ0v) is 12.1. The highest BCUT2D eigenvalue weighted by molar-refractivity contribution is 7.90. The van der Waals surface area contributed by atoms with Gasteiger partial charge in [0, 0.05) is 18.8 Å². The molecule has 0 aromatic rings. The molecule has 1 heterocycles. The molecule has 0 amide bonds. The van der Waals surface area contributed by atoms with E-state index in [-0.39, 0.29) is 0 Å². The molecule has 2 atom stereocenters. The minimum Gasteiger partial charge on any atom is -0.317 e. The Labute approximate surface area is 106 Å². The molecule has 1 fully saturated rings. The third-order valence-corrected chi connectivity index (χ3v) is 4.73. The van der Waals surface area contributed by atoms with Crippen molar-refractivity contribution < 1.29 is 8.42 Å². The molecule has 2 unspecified atom stereocenters. The van der Waals surface area contributed by atoms with Gasteiger partial charge in [0.05, 0.1) is 5.75 Å². The van der Waals surface area contributed by atoms with Crippen molar-refractivity contribution in [3.63, 3.8) is 0 Å². The standard InChI is InChI=1S/C12H26N2O2S/c1-4-11-10-14(8-6-12(11)13-2)7-5-9-17(3,15)16/h11-13H,4-10H2,1-3H3. The van der Waals surface area contributed by atoms with Crippen molar-refractivity contribution in [2.24, 2.45) is 5.92 Å². The van der Waals surface area contributed by atoms with Gasteiger partial charge in [-0.3, -0.25) is 0 Å². The SMILES string of the molecule is CCC1CN(CCCS(C)(=O)=O)CCC1NC. The second-order valence-corrected chi connectivity index (χ2v) is 7.40. The van der Waals surface area contributed by atoms with E-state index in [0.717, 1.165) is 26.1 Å². The smallest absolute Gasteiger partial charge is 0.147 e. The number of hydrogen-bond acceptors (Lipinski definition) is 4. The van der Waals surface area contributed by atoms with Crippen LogP contribution in [0.1, 0.15) is 26.2 Å². The summed E-state index contributed by atoms with van der Waals surface area (Å²) in [5.74, 6) is 1.02. The Morgan fingerprint density at radius 3 is 2.65 bits per heavy atom. The zero-order valence-electron chi connectivity index (χ0n) is 11.3. The van der Waals surface area contributed by atoms with Gasteiger partial charge in [-0.1, -0.05) is 13.3 Å². The Bertz CT molecular complexity index is 316. The first kappa shape index (κ1) is 14.9. The van der Waals surface area contributed by atoms with Crippen molar-refractivity contribution in [2.75, 3.05) is 38.7 Å². The lowest BCUT2D eigenvalue weighted by molar-refractivity contribution is 0.139. The van der Waals surface area contributed by atoms with Gasteiger partial charge < -0.3 is 10.2 Å². The number of sulfone groups is 1. The molecule has 1 rings (SSSR count). The van der Waals surface area contributed by atoms with Gasteiger partial charge in [0.2, 0.25) is 0 Å². The van der Waals surface area contributed by atoms with Crippen molar-refractivity contribution in [1.82, 2.24) is 10.2 Å². The van der Waals surface area contributed by atoms with E-state index in [1.54, 1.807) is 0 Å². The minimum absolute atomic E-state index is 0.315. The lowest BCUT2D eigenvalue weighted by Gasteiger charge is -2.38. The molecule has 0 aromatic heterocycles. The maximum absolute atomic E-state index is 11.1. The summed E-state index contributed by atoms with van der Waals surface area (Å²) in [6.07, 6.45) is 4.44. The number of nitrogens with zero attached hydrogens (tertiary/aromatic N) is 1. The first-order valence-electron chi connectivity index (χ1n) is 6.53. The summed E-state index contributed by atoms with van der Waals surface area (Å²) in [5.41, 5.74) is 0. The monoisotopic (exact) mass is 262 g/mol. The van der Waals surface area contributed by atoms with E-state index in [1.807, 2.05) is 7.05 Å². The highest BCUT2D eigenvalue weighted by Gasteiger charge is 2.26. The molecule has 17 heavy (non-hydrogen) atoms. The van der Waals surface area contributed by atoms with Gasteiger partial charge in [-0.2, -0.15) is 0 Å². The average molecular weight is 262 g/mol. The summed E-state index contributed by atoms with van der Waals surface area (Å²) < 4.78 is 22.1. The maximum atomic E-state index is 11.1. The molecule has 0 aromatic carbocycles. The summed E-state index contributed by atoms with van der Waals surface area (Å²) in [6.45, 7) is 5.34. The largest absolute Gasteiger partial charge is 0.317 e. The lowest BCUT2D eigenvalue weighted by atomic mass is 9.90. The maximum Gasteiger partial charge on any atom is 0.147 e. The Balaban J connectivity index is 2.32. The molecule has 0 saturated carbocycles. The molecule has 4 nitrogen and oxygen atoms in total. The number of rotatable bonds is 6. The molecule has 5 heteroatoms. The molecule has 102 valence electrons. The number of hydrogen-bond donors (Lipinski definition) is 1. The van der Waals surface area contributed by atoms with Crippen LogP contribution in [0.25, 0.3) is 0 Å². The Morgan fingerprint density at radius 1 is 1.41 bits per heavy atom. The highest BCUT2D eigenvalue weighted by atomic mass is 32.2. The molecule has 1 aliphatic rings. The second kappa shape index (κ2) is 6.71. The Kier molecular flexibility index (Phi) is 5.89. The topological polar surface area (TPSA) is 49.4 Å². The minimum atomic E-state index is -2.80. The molecule has 0 spiro atoms. The lowest BCUT2D eigenvalue weighted by Crippen LogP contribution is -2.48. The molecule has 1 N–H and O–H groups in total. The zero-order chi connectivity index (χ0) is 12.9. The Hall–Kier alpha value is -0.130. The third kappa shape index (κ3) is 5.36. The van der Waals surface area contributed by atoms with Crippen molar-refractivity contribution in [2.45, 2.75) is 32.2 Å². The van der Waals surface area contributed by atoms with Gasteiger partial charge in [0.15, 0.2) is 0 Å². The predicted octanol–water partition coefficient (Wildman–Crippen LogP) is 0.741. The fourth-order valence-corrected chi connectivity index (χ4v) is 3.31. The van der Waals surface area contributed by atoms with Gasteiger partial charge in [-0.25, -0.2) is 8.42 Å². The molecule has 1 aliphatic heterocycles. The summed E-state index contributed by atoms with van der Waals surface area (Å²) in [6, 6.07) is 0.631. The first-order valence-corrected chi connectivity index (χ1v) is 8.59. The normalized spacial score (nSPS) is 27.2. The van der Waals surface area contributed by atoms with Gasteiger partial charge in [0.1, 0.15) is 9.84 Å². The van der Waals surface area contributed by atoms with Gasteiger partial charge in [-0.15, -0.1) is 0 Å². The predicted molar refractivity (Wildman–Crippen MR) is 72.0 cm³/mol. The van der Waals surface area contributed by atoms with Crippen LogP contribution in [0.4, 0.5) is 0 Å². The number of likely N-dealkylation sites (tertiary alicyclic amines) is 1.